The molecule has 0 N–H and O–H groups in total. The van der Waals surface area contributed by atoms with Crippen molar-refractivity contribution >= 4 is 15.9 Å². The van der Waals surface area contributed by atoms with Crippen LogP contribution in [-0.4, -0.2) is 9.87 Å². The molecular formula is C6H12BrNO2. The van der Waals surface area contributed by atoms with E-state index in [0.717, 1.165) is 0 Å². The number of halogens is 1. The Kier molecular flexibility index (Phi) is 3.28. The second-order valence-corrected chi connectivity index (χ2v) is 4.54. The minimum atomic E-state index is -0.604. The second kappa shape index (κ2) is 3.32. The van der Waals surface area contributed by atoms with Crippen molar-refractivity contribution in [3.63, 3.8) is 0 Å². The average molecular weight is 210 g/mol. The molecule has 60 valence electrons. The molecule has 10 heavy (non-hydrogen) atoms. The average Bonchev–Trinajstić information content (AvgIpc) is 1.60. The van der Waals surface area contributed by atoms with Crippen molar-refractivity contribution in [2.75, 3.05) is 0 Å². The fraction of sp³-hybridized carbons (Fsp3) is 1.00. The Morgan fingerprint density at radius 1 is 1.60 bits per heavy atom. The van der Waals surface area contributed by atoms with Gasteiger partial charge >= 0.3 is 0 Å². The van der Waals surface area contributed by atoms with Crippen LogP contribution in [0.5, 0.6) is 0 Å². The summed E-state index contributed by atoms with van der Waals surface area (Å²) in [7, 11) is 0. The summed E-state index contributed by atoms with van der Waals surface area (Å²) in [5.74, 6) is 0. The molecule has 0 aliphatic carbocycles. The number of hydrogen-bond acceptors (Lipinski definition) is 2. The summed E-state index contributed by atoms with van der Waals surface area (Å²) in [5, 5.41) is 10.1. The first-order chi connectivity index (χ1) is 4.33. The maximum atomic E-state index is 10.1. The van der Waals surface area contributed by atoms with Crippen LogP contribution in [0.4, 0.5) is 0 Å². The fourth-order valence-electron chi connectivity index (χ4n) is 0.580. The van der Waals surface area contributed by atoms with Crippen molar-refractivity contribution in [1.29, 1.82) is 0 Å². The molecule has 1 unspecified atom stereocenters. The van der Waals surface area contributed by atoms with Crippen LogP contribution in [0.15, 0.2) is 0 Å². The van der Waals surface area contributed by atoms with Gasteiger partial charge in [0.05, 0.1) is 0 Å². The van der Waals surface area contributed by atoms with Crippen LogP contribution in [-0.2, 0) is 0 Å². The van der Waals surface area contributed by atoms with E-state index in [1.54, 1.807) is 0 Å². The highest BCUT2D eigenvalue weighted by molar-refractivity contribution is 9.09. The van der Waals surface area contributed by atoms with Crippen LogP contribution in [0.2, 0.25) is 0 Å². The van der Waals surface area contributed by atoms with Gasteiger partial charge in [0.25, 0.3) is 4.95 Å². The van der Waals surface area contributed by atoms with Gasteiger partial charge in [0.1, 0.15) is 0 Å². The van der Waals surface area contributed by atoms with Gasteiger partial charge in [0.15, 0.2) is 0 Å². The van der Waals surface area contributed by atoms with Crippen molar-refractivity contribution in [1.82, 2.24) is 0 Å². The van der Waals surface area contributed by atoms with E-state index in [-0.39, 0.29) is 10.3 Å². The zero-order valence-corrected chi connectivity index (χ0v) is 8.01. The Morgan fingerprint density at radius 3 is 2.10 bits per heavy atom. The van der Waals surface area contributed by atoms with Crippen LogP contribution in [0.3, 0.4) is 0 Å². The highest BCUT2D eigenvalue weighted by atomic mass is 79.9. The number of hydrogen-bond donors (Lipinski definition) is 0. The lowest BCUT2D eigenvalue weighted by molar-refractivity contribution is -0.495. The first-order valence-electron chi connectivity index (χ1n) is 3.10. The number of nitro groups is 1. The van der Waals surface area contributed by atoms with E-state index >= 15 is 0 Å². The number of rotatable bonds is 2. The zero-order chi connectivity index (χ0) is 8.36. The van der Waals surface area contributed by atoms with Crippen molar-refractivity contribution < 1.29 is 4.92 Å². The molecule has 0 bridgehead atoms. The zero-order valence-electron chi connectivity index (χ0n) is 6.43. The SMILES string of the molecule is CC(C)(C)CC(Br)[N+](=O)[O-]. The lowest BCUT2D eigenvalue weighted by Gasteiger charge is -2.17. The molecule has 0 rings (SSSR count). The summed E-state index contributed by atoms with van der Waals surface area (Å²) < 4.78 is 0. The minimum absolute atomic E-state index is 0.0151. The van der Waals surface area contributed by atoms with Gasteiger partial charge in [0.2, 0.25) is 0 Å². The van der Waals surface area contributed by atoms with E-state index in [9.17, 15) is 10.1 Å². The standard InChI is InChI=1S/C6H12BrNO2/c1-6(2,3)4-5(7)8(9)10/h5H,4H2,1-3H3. The molecule has 0 heterocycles. The topological polar surface area (TPSA) is 43.1 Å². The van der Waals surface area contributed by atoms with Gasteiger partial charge in [-0.25, -0.2) is 0 Å². The van der Waals surface area contributed by atoms with Crippen LogP contribution in [0, 0.1) is 15.5 Å². The van der Waals surface area contributed by atoms with Crippen molar-refractivity contribution in [3.8, 4) is 0 Å². The Morgan fingerprint density at radius 2 is 2.00 bits per heavy atom. The second-order valence-electron chi connectivity index (χ2n) is 3.48. The third-order valence-electron chi connectivity index (χ3n) is 1.01. The molecule has 0 fully saturated rings. The van der Waals surface area contributed by atoms with Crippen LogP contribution in [0.25, 0.3) is 0 Å². The maximum Gasteiger partial charge on any atom is 0.266 e. The third kappa shape index (κ3) is 4.73. The molecule has 0 aliphatic heterocycles. The number of alkyl halides is 1. The van der Waals surface area contributed by atoms with Crippen LogP contribution in [0.1, 0.15) is 27.2 Å². The third-order valence-corrected chi connectivity index (χ3v) is 1.67. The molecular weight excluding hydrogens is 198 g/mol. The van der Waals surface area contributed by atoms with E-state index in [2.05, 4.69) is 15.9 Å². The lowest BCUT2D eigenvalue weighted by atomic mass is 9.92. The summed E-state index contributed by atoms with van der Waals surface area (Å²) in [6.07, 6.45) is 0.556. The van der Waals surface area contributed by atoms with E-state index in [1.165, 1.54) is 0 Å². The summed E-state index contributed by atoms with van der Waals surface area (Å²) in [6.45, 7) is 5.93. The number of nitrogens with zero attached hydrogens (tertiary/aromatic N) is 1. The molecule has 0 saturated carbocycles. The quantitative estimate of drug-likeness (QED) is 0.304. The van der Waals surface area contributed by atoms with Crippen LogP contribution >= 0.6 is 15.9 Å². The van der Waals surface area contributed by atoms with Crippen LogP contribution < -0.4 is 0 Å². The molecule has 0 aliphatic rings. The maximum absolute atomic E-state index is 10.1. The smallest absolute Gasteiger partial charge is 0.263 e. The highest BCUT2D eigenvalue weighted by Crippen LogP contribution is 2.24. The molecule has 0 radical (unpaired) electrons. The minimum Gasteiger partial charge on any atom is -0.263 e. The predicted octanol–water partition coefficient (Wildman–Crippen LogP) is 2.42. The predicted molar refractivity (Wildman–Crippen MR) is 43.8 cm³/mol. The summed E-state index contributed by atoms with van der Waals surface area (Å²) in [6, 6.07) is 0. The molecule has 4 heteroatoms. The summed E-state index contributed by atoms with van der Waals surface area (Å²) >= 11 is 2.98. The fourth-order valence-corrected chi connectivity index (χ4v) is 1.55. The van der Waals surface area contributed by atoms with Gasteiger partial charge in [-0.05, 0) is 21.3 Å². The molecule has 0 aromatic carbocycles. The highest BCUT2D eigenvalue weighted by Gasteiger charge is 2.23. The van der Waals surface area contributed by atoms with Gasteiger partial charge in [-0.3, -0.25) is 10.1 Å². The summed E-state index contributed by atoms with van der Waals surface area (Å²) in [4.78, 5) is 9.22. The molecule has 0 saturated heterocycles. The van der Waals surface area contributed by atoms with E-state index in [4.69, 9.17) is 0 Å². The Balaban J connectivity index is 3.80. The first-order valence-corrected chi connectivity index (χ1v) is 4.02. The monoisotopic (exact) mass is 209 g/mol. The van der Waals surface area contributed by atoms with Crippen molar-refractivity contribution in [2.45, 2.75) is 32.1 Å². The van der Waals surface area contributed by atoms with Crippen molar-refractivity contribution in [2.24, 2.45) is 5.41 Å². The van der Waals surface area contributed by atoms with Gasteiger partial charge in [-0.15, -0.1) is 0 Å². The Hall–Kier alpha value is -0.120. The van der Waals surface area contributed by atoms with E-state index < -0.39 is 4.95 Å². The molecule has 0 aromatic heterocycles. The summed E-state index contributed by atoms with van der Waals surface area (Å²) in [5.41, 5.74) is 0.0151. The first kappa shape index (κ1) is 9.88. The normalized spacial score (nSPS) is 14.8. The van der Waals surface area contributed by atoms with Gasteiger partial charge in [-0.2, -0.15) is 0 Å². The van der Waals surface area contributed by atoms with Gasteiger partial charge in [-0.1, -0.05) is 20.8 Å². The van der Waals surface area contributed by atoms with E-state index in [0.29, 0.717) is 6.42 Å². The molecule has 1 atom stereocenters. The Bertz CT molecular complexity index is 130. The molecule has 0 aromatic rings. The molecule has 3 nitrogen and oxygen atoms in total. The van der Waals surface area contributed by atoms with E-state index in [1.807, 2.05) is 20.8 Å². The van der Waals surface area contributed by atoms with Crippen molar-refractivity contribution in [3.05, 3.63) is 10.1 Å². The largest absolute Gasteiger partial charge is 0.266 e. The Labute approximate surface area is 69.1 Å². The molecule has 0 spiro atoms. The van der Waals surface area contributed by atoms with Gasteiger partial charge in [0, 0.05) is 11.3 Å². The lowest BCUT2D eigenvalue weighted by Crippen LogP contribution is -2.19. The molecule has 0 amide bonds. The van der Waals surface area contributed by atoms with Gasteiger partial charge < -0.3 is 0 Å².